The predicted molar refractivity (Wildman–Crippen MR) is 126 cm³/mol. The summed E-state index contributed by atoms with van der Waals surface area (Å²) in [6, 6.07) is 4.97. The molecule has 4 rings (SSSR count). The summed E-state index contributed by atoms with van der Waals surface area (Å²) in [6.07, 6.45) is 2.81. The maximum atomic E-state index is 13.3. The minimum atomic E-state index is -0.598. The molecule has 1 aliphatic heterocycles. The molecule has 2 aromatic rings. The lowest BCUT2D eigenvalue weighted by molar-refractivity contribution is -0.118. The van der Waals surface area contributed by atoms with Crippen LogP contribution in [0, 0.1) is 5.41 Å². The fraction of sp³-hybridized carbons (Fsp3) is 0.375. The van der Waals surface area contributed by atoms with E-state index in [-0.39, 0.29) is 22.5 Å². The van der Waals surface area contributed by atoms with Gasteiger partial charge in [0.2, 0.25) is 0 Å². The van der Waals surface area contributed by atoms with E-state index in [9.17, 15) is 14.7 Å². The number of phenolic OH excluding ortho intramolecular Hbond substituents is 1. The highest BCUT2D eigenvalue weighted by molar-refractivity contribution is 7.99. The second-order valence-corrected chi connectivity index (χ2v) is 9.79. The topological polar surface area (TPSA) is 104 Å². The molecule has 8 heteroatoms. The average Bonchev–Trinajstić information content (AvgIpc) is 2.71. The molecule has 0 spiro atoms. The Labute approximate surface area is 191 Å². The van der Waals surface area contributed by atoms with Crippen molar-refractivity contribution in [2.24, 2.45) is 5.41 Å². The lowest BCUT2D eigenvalue weighted by Crippen LogP contribution is -2.37. The van der Waals surface area contributed by atoms with Crippen molar-refractivity contribution in [2.45, 2.75) is 44.7 Å². The summed E-state index contributed by atoms with van der Waals surface area (Å²) in [7, 11) is 0. The van der Waals surface area contributed by atoms with E-state index in [1.165, 1.54) is 17.8 Å². The molecule has 168 valence electrons. The Morgan fingerprint density at radius 3 is 2.84 bits per heavy atom. The predicted octanol–water partition coefficient (Wildman–Crippen LogP) is 4.35. The number of allylic oxidation sites excluding steroid dienone is 2. The average molecular weight is 454 g/mol. The molecule has 2 aliphatic rings. The van der Waals surface area contributed by atoms with E-state index in [0.29, 0.717) is 58.6 Å². The zero-order valence-corrected chi connectivity index (χ0v) is 19.3. The molecule has 0 saturated heterocycles. The number of benzene rings is 1. The van der Waals surface area contributed by atoms with Gasteiger partial charge in [-0.15, -0.1) is 6.58 Å². The van der Waals surface area contributed by atoms with Crippen LogP contribution in [-0.4, -0.2) is 33.2 Å². The van der Waals surface area contributed by atoms with Crippen LogP contribution in [0.4, 0.5) is 5.82 Å². The van der Waals surface area contributed by atoms with Crippen LogP contribution >= 0.6 is 11.8 Å². The molecule has 1 unspecified atom stereocenters. The number of carbonyl (C=O) groups is 1. The van der Waals surface area contributed by atoms with Crippen LogP contribution in [0.3, 0.4) is 0 Å². The normalized spacial score (nSPS) is 19.1. The van der Waals surface area contributed by atoms with Gasteiger partial charge in [0, 0.05) is 29.4 Å². The van der Waals surface area contributed by atoms with E-state index in [0.717, 1.165) is 5.70 Å². The van der Waals surface area contributed by atoms with Gasteiger partial charge in [0.05, 0.1) is 12.2 Å². The number of carbonyl (C=O) groups excluding carboxylic acids is 1. The number of H-pyrrole nitrogens is 1. The molecule has 2 heterocycles. The summed E-state index contributed by atoms with van der Waals surface area (Å²) in [6.45, 7) is 10.0. The van der Waals surface area contributed by atoms with Crippen LogP contribution in [0.15, 0.2) is 52.1 Å². The number of thioether (sulfide) groups is 1. The number of aromatic hydroxyl groups is 1. The molecule has 0 bridgehead atoms. The van der Waals surface area contributed by atoms with Crippen molar-refractivity contribution in [2.75, 3.05) is 17.7 Å². The van der Waals surface area contributed by atoms with Gasteiger partial charge in [-0.3, -0.25) is 9.59 Å². The van der Waals surface area contributed by atoms with E-state index in [1.54, 1.807) is 18.2 Å². The van der Waals surface area contributed by atoms with Crippen molar-refractivity contribution in [3.63, 3.8) is 0 Å². The van der Waals surface area contributed by atoms with Gasteiger partial charge in [0.15, 0.2) is 22.4 Å². The van der Waals surface area contributed by atoms with Crippen LogP contribution < -0.4 is 15.6 Å². The minimum Gasteiger partial charge on any atom is -0.504 e. The van der Waals surface area contributed by atoms with Crippen LogP contribution in [0.2, 0.25) is 0 Å². The van der Waals surface area contributed by atoms with E-state index in [2.05, 4.69) is 35.7 Å². The highest BCUT2D eigenvalue weighted by Crippen LogP contribution is 2.48. The van der Waals surface area contributed by atoms with Crippen LogP contribution in [-0.2, 0) is 4.79 Å². The molecule has 1 aromatic heterocycles. The zero-order valence-electron chi connectivity index (χ0n) is 18.4. The monoisotopic (exact) mass is 453 g/mol. The zero-order chi connectivity index (χ0) is 23.0. The number of phenols is 1. The molecular weight excluding hydrogens is 426 g/mol. The number of Topliss-reactive ketones (excluding diaryl/α,β-unsaturated/α-hetero) is 1. The number of fused-ring (bicyclic) bond motifs is 1. The highest BCUT2D eigenvalue weighted by Gasteiger charge is 2.42. The number of rotatable bonds is 6. The van der Waals surface area contributed by atoms with Crippen molar-refractivity contribution in [1.82, 2.24) is 9.97 Å². The van der Waals surface area contributed by atoms with Gasteiger partial charge in [0.25, 0.3) is 5.56 Å². The first kappa shape index (κ1) is 22.2. The summed E-state index contributed by atoms with van der Waals surface area (Å²) >= 11 is 1.38. The number of aromatic amines is 1. The molecule has 0 saturated carbocycles. The summed E-state index contributed by atoms with van der Waals surface area (Å²) in [4.78, 5) is 34.0. The summed E-state index contributed by atoms with van der Waals surface area (Å²) in [5.74, 6) is 0.812. The minimum absolute atomic E-state index is 0.00921. The van der Waals surface area contributed by atoms with Crippen molar-refractivity contribution >= 4 is 23.4 Å². The largest absolute Gasteiger partial charge is 0.504 e. The summed E-state index contributed by atoms with van der Waals surface area (Å²) in [5, 5.41) is 14.0. The fourth-order valence-corrected chi connectivity index (χ4v) is 5.01. The molecule has 32 heavy (non-hydrogen) atoms. The van der Waals surface area contributed by atoms with Gasteiger partial charge >= 0.3 is 0 Å². The number of nitrogens with one attached hydrogen (secondary N) is 2. The number of hydrogen-bond acceptors (Lipinski definition) is 7. The first-order valence-electron chi connectivity index (χ1n) is 10.6. The fourth-order valence-electron chi connectivity index (χ4n) is 4.41. The molecule has 1 aliphatic carbocycles. The summed E-state index contributed by atoms with van der Waals surface area (Å²) < 4.78 is 5.56. The number of anilines is 1. The Hall–Kier alpha value is -3.00. The summed E-state index contributed by atoms with van der Waals surface area (Å²) in [5.41, 5.74) is 1.99. The van der Waals surface area contributed by atoms with E-state index < -0.39 is 5.92 Å². The highest BCUT2D eigenvalue weighted by atomic mass is 32.2. The second kappa shape index (κ2) is 8.50. The number of ether oxygens (including phenoxy) is 1. The third kappa shape index (κ3) is 4.07. The van der Waals surface area contributed by atoms with Gasteiger partial charge in [-0.2, -0.15) is 0 Å². The van der Waals surface area contributed by atoms with Crippen molar-refractivity contribution in [3.05, 3.63) is 63.6 Å². The van der Waals surface area contributed by atoms with Gasteiger partial charge < -0.3 is 20.1 Å². The number of ketones is 1. The molecule has 0 radical (unpaired) electrons. The maximum Gasteiger partial charge on any atom is 0.257 e. The van der Waals surface area contributed by atoms with Gasteiger partial charge in [-0.25, -0.2) is 4.98 Å². The van der Waals surface area contributed by atoms with Crippen molar-refractivity contribution < 1.29 is 14.6 Å². The standard InChI is InChI=1S/C24H27N3O4S/c1-5-9-32-23-26-21-20(22(30)27-23)18(13-7-8-15(28)17(10-13)31-6-2)19-14(25-21)11-24(3,4)12-16(19)29/h5,7-8,10,18,28H,1,6,9,11-12H2,2-4H3,(H2,25,26,27,30). The number of nitrogens with zero attached hydrogens (tertiary/aromatic N) is 1. The first-order chi connectivity index (χ1) is 15.2. The molecule has 0 amide bonds. The molecule has 7 nitrogen and oxygen atoms in total. The lowest BCUT2D eigenvalue weighted by Gasteiger charge is -2.38. The number of aromatic nitrogens is 2. The molecule has 3 N–H and O–H groups in total. The Morgan fingerprint density at radius 2 is 2.12 bits per heavy atom. The first-order valence-corrected chi connectivity index (χ1v) is 11.6. The third-order valence-corrected chi connectivity index (χ3v) is 6.52. The Bertz CT molecular complexity index is 1180. The molecule has 0 fully saturated rings. The SMILES string of the molecule is C=CCSc1nc2c(c(=O)[nH]1)C(c1ccc(O)c(OCC)c1)C1=C(CC(C)(C)CC1=O)N2. The smallest absolute Gasteiger partial charge is 0.257 e. The molecular formula is C24H27N3O4S. The van der Waals surface area contributed by atoms with Crippen molar-refractivity contribution in [3.8, 4) is 11.5 Å². The second-order valence-electron chi connectivity index (χ2n) is 8.78. The van der Waals surface area contributed by atoms with Gasteiger partial charge in [-0.1, -0.05) is 37.8 Å². The van der Waals surface area contributed by atoms with Crippen LogP contribution in [0.5, 0.6) is 11.5 Å². The lowest BCUT2D eigenvalue weighted by atomic mass is 9.69. The van der Waals surface area contributed by atoms with Crippen molar-refractivity contribution in [1.29, 1.82) is 0 Å². The van der Waals surface area contributed by atoms with E-state index in [1.807, 2.05) is 6.92 Å². The Morgan fingerprint density at radius 1 is 1.34 bits per heavy atom. The number of hydrogen-bond donors (Lipinski definition) is 3. The quantitative estimate of drug-likeness (QED) is 0.339. The van der Waals surface area contributed by atoms with E-state index >= 15 is 0 Å². The molecule has 1 atom stereocenters. The van der Waals surface area contributed by atoms with Crippen LogP contribution in [0.25, 0.3) is 0 Å². The van der Waals surface area contributed by atoms with Gasteiger partial charge in [-0.05, 0) is 36.5 Å². The maximum absolute atomic E-state index is 13.3. The van der Waals surface area contributed by atoms with Gasteiger partial charge in [0.1, 0.15) is 5.82 Å². The third-order valence-electron chi connectivity index (χ3n) is 5.66. The van der Waals surface area contributed by atoms with E-state index in [4.69, 9.17) is 4.74 Å². The Balaban J connectivity index is 1.93. The van der Waals surface area contributed by atoms with Crippen LogP contribution in [0.1, 0.15) is 50.7 Å². The molecule has 1 aromatic carbocycles. The Kier molecular flexibility index (Phi) is 5.90.